The summed E-state index contributed by atoms with van der Waals surface area (Å²) in [4.78, 5) is 12.6. The zero-order chi connectivity index (χ0) is 23.0. The van der Waals surface area contributed by atoms with Crippen molar-refractivity contribution in [2.45, 2.75) is 10.6 Å². The van der Waals surface area contributed by atoms with E-state index >= 15 is 0 Å². The lowest BCUT2D eigenvalue weighted by atomic mass is 10.2. The molecule has 3 rings (SSSR count). The highest BCUT2D eigenvalue weighted by molar-refractivity contribution is 7.98. The van der Waals surface area contributed by atoms with Crippen LogP contribution in [0.5, 0.6) is 0 Å². The van der Waals surface area contributed by atoms with Crippen LogP contribution in [0.25, 0.3) is 0 Å². The molecule has 0 unspecified atom stereocenters. The van der Waals surface area contributed by atoms with Crippen molar-refractivity contribution in [3.05, 3.63) is 95.3 Å². The van der Waals surface area contributed by atoms with Gasteiger partial charge in [0.2, 0.25) is 5.91 Å². The van der Waals surface area contributed by atoms with E-state index in [1.54, 1.807) is 60.7 Å². The number of sulfonamides is 1. The molecule has 168 valence electrons. The van der Waals surface area contributed by atoms with E-state index in [0.29, 0.717) is 23.6 Å². The molecule has 0 heterocycles. The zero-order valence-electron chi connectivity index (χ0n) is 17.1. The fourth-order valence-electron chi connectivity index (χ4n) is 2.92. The number of benzene rings is 3. The van der Waals surface area contributed by atoms with E-state index in [4.69, 9.17) is 11.6 Å². The van der Waals surface area contributed by atoms with Gasteiger partial charge < -0.3 is 5.32 Å². The minimum Gasteiger partial charge on any atom is -0.354 e. The molecule has 0 saturated heterocycles. The summed E-state index contributed by atoms with van der Waals surface area (Å²) in [6.45, 7) is -0.0986. The Bertz CT molecular complexity index is 1160. The van der Waals surface area contributed by atoms with E-state index in [2.05, 4.69) is 5.32 Å². The fraction of sp³-hybridized carbons (Fsp3) is 0.174. The number of para-hydroxylation sites is 1. The summed E-state index contributed by atoms with van der Waals surface area (Å²) in [5, 5.41) is 2.95. The van der Waals surface area contributed by atoms with Crippen LogP contribution in [0.15, 0.2) is 83.8 Å². The number of thioether (sulfide) groups is 1. The minimum atomic E-state index is -4.01. The van der Waals surface area contributed by atoms with Gasteiger partial charge in [-0.15, -0.1) is 0 Å². The highest BCUT2D eigenvalue weighted by Crippen LogP contribution is 2.30. The predicted molar refractivity (Wildman–Crippen MR) is 128 cm³/mol. The number of carbonyl (C=O) groups is 1. The normalized spacial score (nSPS) is 11.2. The highest BCUT2D eigenvalue weighted by atomic mass is 35.5. The maximum absolute atomic E-state index is 13.7. The molecule has 0 bridgehead atoms. The second-order valence-electron chi connectivity index (χ2n) is 6.77. The number of halogens is 2. The Morgan fingerprint density at radius 1 is 0.969 bits per heavy atom. The van der Waals surface area contributed by atoms with Gasteiger partial charge in [0.1, 0.15) is 12.4 Å². The maximum Gasteiger partial charge on any atom is 0.264 e. The zero-order valence-corrected chi connectivity index (χ0v) is 19.5. The molecule has 0 aliphatic heterocycles. The number of hydrogen-bond donors (Lipinski definition) is 1. The van der Waals surface area contributed by atoms with Gasteiger partial charge in [-0.2, -0.15) is 11.8 Å². The lowest BCUT2D eigenvalue weighted by molar-refractivity contribution is -0.119. The van der Waals surface area contributed by atoms with Gasteiger partial charge in [-0.25, -0.2) is 12.8 Å². The van der Waals surface area contributed by atoms with Crippen LogP contribution < -0.4 is 9.62 Å². The topological polar surface area (TPSA) is 66.5 Å². The van der Waals surface area contributed by atoms with Crippen LogP contribution in [0.4, 0.5) is 10.1 Å². The summed E-state index contributed by atoms with van der Waals surface area (Å²) >= 11 is 7.72. The van der Waals surface area contributed by atoms with Crippen molar-refractivity contribution in [2.75, 3.05) is 23.1 Å². The van der Waals surface area contributed by atoms with Gasteiger partial charge in [0, 0.05) is 18.1 Å². The van der Waals surface area contributed by atoms with Crippen LogP contribution >= 0.6 is 23.4 Å². The number of amides is 1. The Morgan fingerprint density at radius 2 is 1.62 bits per heavy atom. The van der Waals surface area contributed by atoms with Crippen LogP contribution in [0.1, 0.15) is 5.56 Å². The summed E-state index contributed by atoms with van der Waals surface area (Å²) in [6.07, 6.45) is 0. The molecule has 0 spiro atoms. The molecular weight excluding hydrogens is 471 g/mol. The number of anilines is 1. The molecular formula is C23H22ClFN2O3S2. The number of nitrogens with one attached hydrogen (secondary N) is 1. The van der Waals surface area contributed by atoms with E-state index in [1.807, 2.05) is 0 Å². The molecule has 1 N–H and O–H groups in total. The van der Waals surface area contributed by atoms with Crippen molar-refractivity contribution >= 4 is 45.0 Å². The molecule has 1 amide bonds. The smallest absolute Gasteiger partial charge is 0.264 e. The minimum absolute atomic E-state index is 0.0631. The molecule has 0 atom stereocenters. The van der Waals surface area contributed by atoms with Gasteiger partial charge in [-0.05, 0) is 35.9 Å². The third-order valence-corrected chi connectivity index (χ3v) is 7.63. The molecule has 5 nitrogen and oxygen atoms in total. The highest BCUT2D eigenvalue weighted by Gasteiger charge is 2.28. The first kappa shape index (κ1) is 24.1. The average Bonchev–Trinajstić information content (AvgIpc) is 2.79. The van der Waals surface area contributed by atoms with Crippen molar-refractivity contribution < 1.29 is 17.6 Å². The molecule has 0 aliphatic rings. The molecule has 0 saturated carbocycles. The van der Waals surface area contributed by atoms with Gasteiger partial charge in [-0.1, -0.05) is 60.1 Å². The van der Waals surface area contributed by atoms with Crippen LogP contribution in [0, 0.1) is 5.82 Å². The predicted octanol–water partition coefficient (Wildman–Crippen LogP) is 4.72. The number of hydrogen-bond acceptors (Lipinski definition) is 4. The van der Waals surface area contributed by atoms with Crippen LogP contribution in [-0.2, 0) is 20.6 Å². The lowest BCUT2D eigenvalue weighted by Gasteiger charge is -2.25. The molecule has 0 radical (unpaired) electrons. The Balaban J connectivity index is 1.64. The number of rotatable bonds is 10. The summed E-state index contributed by atoms with van der Waals surface area (Å²) in [5.74, 6) is 0.315. The SMILES string of the molecule is O=C(CN(c1ccccc1Cl)S(=O)(=O)c1ccccc1)NCCSCc1ccccc1F. The lowest BCUT2D eigenvalue weighted by Crippen LogP contribution is -2.41. The van der Waals surface area contributed by atoms with Crippen molar-refractivity contribution in [2.24, 2.45) is 0 Å². The van der Waals surface area contributed by atoms with Crippen molar-refractivity contribution in [3.8, 4) is 0 Å². The van der Waals surface area contributed by atoms with Gasteiger partial charge in [-0.3, -0.25) is 9.10 Å². The van der Waals surface area contributed by atoms with Gasteiger partial charge >= 0.3 is 0 Å². The molecule has 0 fully saturated rings. The Morgan fingerprint density at radius 3 is 2.34 bits per heavy atom. The van der Waals surface area contributed by atoms with E-state index in [9.17, 15) is 17.6 Å². The second-order valence-corrected chi connectivity index (χ2v) is 10.1. The van der Waals surface area contributed by atoms with Crippen LogP contribution in [-0.4, -0.2) is 33.2 Å². The van der Waals surface area contributed by atoms with Gasteiger partial charge in [0.25, 0.3) is 10.0 Å². The first-order valence-electron chi connectivity index (χ1n) is 9.80. The first-order valence-corrected chi connectivity index (χ1v) is 12.8. The van der Waals surface area contributed by atoms with Crippen molar-refractivity contribution in [1.82, 2.24) is 5.32 Å². The summed E-state index contributed by atoms with van der Waals surface area (Å²) < 4.78 is 41.1. The van der Waals surface area contributed by atoms with Crippen molar-refractivity contribution in [1.29, 1.82) is 0 Å². The van der Waals surface area contributed by atoms with E-state index in [1.165, 1.54) is 30.0 Å². The van der Waals surface area contributed by atoms with Crippen molar-refractivity contribution in [3.63, 3.8) is 0 Å². The second kappa shape index (κ2) is 11.4. The largest absolute Gasteiger partial charge is 0.354 e. The molecule has 0 aromatic heterocycles. The third-order valence-electron chi connectivity index (χ3n) is 4.52. The molecule has 32 heavy (non-hydrogen) atoms. The quantitative estimate of drug-likeness (QED) is 0.416. The molecule has 3 aromatic carbocycles. The van der Waals surface area contributed by atoms with E-state index in [-0.39, 0.29) is 21.4 Å². The Kier molecular flexibility index (Phi) is 8.55. The fourth-order valence-corrected chi connectivity index (χ4v) is 5.51. The average molecular weight is 493 g/mol. The van der Waals surface area contributed by atoms with E-state index < -0.39 is 22.5 Å². The monoisotopic (exact) mass is 492 g/mol. The summed E-state index contributed by atoms with van der Waals surface area (Å²) in [5.41, 5.74) is 0.824. The van der Waals surface area contributed by atoms with Crippen LogP contribution in [0.3, 0.4) is 0 Å². The van der Waals surface area contributed by atoms with E-state index in [0.717, 1.165) is 4.31 Å². The van der Waals surface area contributed by atoms with Gasteiger partial charge in [0.05, 0.1) is 15.6 Å². The summed E-state index contributed by atoms with van der Waals surface area (Å²) in [6, 6.07) is 20.9. The first-order chi connectivity index (χ1) is 15.4. The maximum atomic E-state index is 13.7. The standard InChI is InChI=1S/C23H22ClFN2O3S2/c24-20-11-5-7-13-22(20)27(32(29,30)19-9-2-1-3-10-19)16-23(28)26-14-15-31-17-18-8-4-6-12-21(18)25/h1-13H,14-17H2,(H,26,28). The Hall–Kier alpha value is -2.55. The number of nitrogens with zero attached hydrogens (tertiary/aromatic N) is 1. The third kappa shape index (κ3) is 6.25. The van der Waals surface area contributed by atoms with Crippen LogP contribution in [0.2, 0.25) is 5.02 Å². The number of carbonyl (C=O) groups excluding carboxylic acids is 1. The molecule has 9 heteroatoms. The summed E-state index contributed by atoms with van der Waals surface area (Å²) in [7, 11) is -4.01. The molecule has 3 aromatic rings. The Labute approximate surface area is 196 Å². The molecule has 0 aliphatic carbocycles. The van der Waals surface area contributed by atoms with Gasteiger partial charge in [0.15, 0.2) is 0 Å².